The second kappa shape index (κ2) is 7.69. The summed E-state index contributed by atoms with van der Waals surface area (Å²) in [5.74, 6) is -0.208. The molecule has 7 nitrogen and oxygen atoms in total. The molecule has 0 spiro atoms. The summed E-state index contributed by atoms with van der Waals surface area (Å²) in [5, 5.41) is 9.63. The van der Waals surface area contributed by atoms with Crippen molar-refractivity contribution in [3.05, 3.63) is 28.7 Å². The van der Waals surface area contributed by atoms with E-state index < -0.39 is 24.4 Å². The van der Waals surface area contributed by atoms with E-state index >= 15 is 0 Å². The molecule has 0 unspecified atom stereocenters. The number of alkyl carbamates (subject to hydrolysis) is 1. The molecular weight excluding hydrogens is 383 g/mol. The molecule has 0 aliphatic carbocycles. The first kappa shape index (κ1) is 16.8. The Balaban J connectivity index is 1.95. The van der Waals surface area contributed by atoms with Crippen molar-refractivity contribution >= 4 is 22.0 Å². The van der Waals surface area contributed by atoms with Gasteiger partial charge in [-0.1, -0.05) is 6.07 Å². The normalized spacial score (nSPS) is 14.6. The smallest absolute Gasteiger partial charge is 0.407 e. The van der Waals surface area contributed by atoms with Gasteiger partial charge in [-0.05, 0) is 48.8 Å². The lowest BCUT2D eigenvalue weighted by atomic mass is 10.2. The molecule has 1 amide bonds. The first-order valence-corrected chi connectivity index (χ1v) is 7.95. The summed E-state index contributed by atoms with van der Waals surface area (Å²) in [5.41, 5.74) is -0.299. The molecule has 9 heteroatoms. The zero-order chi connectivity index (χ0) is 18.6. The van der Waals surface area contributed by atoms with Crippen LogP contribution in [-0.2, 0) is 4.74 Å². The van der Waals surface area contributed by atoms with E-state index in [4.69, 9.17) is 10.5 Å². The van der Waals surface area contributed by atoms with E-state index in [9.17, 15) is 9.18 Å². The fourth-order valence-corrected chi connectivity index (χ4v) is 1.99. The predicted molar refractivity (Wildman–Crippen MR) is 87.9 cm³/mol. The van der Waals surface area contributed by atoms with E-state index in [1.165, 1.54) is 0 Å². The third kappa shape index (κ3) is 5.55. The largest absolute Gasteiger partial charge is 0.444 e. The highest BCUT2D eigenvalue weighted by molar-refractivity contribution is 9.10. The number of aromatic nitrogens is 3. The number of carbonyl (C=O) groups excluding carboxylic acids is 1. The number of hydrogen-bond acceptors (Lipinski definition) is 6. The second-order valence-corrected chi connectivity index (χ2v) is 6.66. The zero-order valence-corrected chi connectivity index (χ0v) is 15.0. The minimum atomic E-state index is -1.70. The summed E-state index contributed by atoms with van der Waals surface area (Å²) in [7, 11) is 0. The van der Waals surface area contributed by atoms with Crippen LogP contribution < -0.4 is 5.32 Å². The second-order valence-electron chi connectivity index (χ2n) is 5.84. The Hall–Kier alpha value is -2.03. The highest BCUT2D eigenvalue weighted by Crippen LogP contribution is 2.24. The van der Waals surface area contributed by atoms with Crippen LogP contribution in [0.25, 0.3) is 11.6 Å². The van der Waals surface area contributed by atoms with Crippen molar-refractivity contribution in [2.45, 2.75) is 39.0 Å². The van der Waals surface area contributed by atoms with Gasteiger partial charge in [0.15, 0.2) is 6.17 Å². The van der Waals surface area contributed by atoms with Gasteiger partial charge in [0, 0.05) is 14.3 Å². The monoisotopic (exact) mass is 401 g/mol. The number of ether oxygens (including phenoxy) is 1. The standard InChI is InChI=1S/C15H18BrFN4O3/c1-15(2,3)24-14(22)18-8-7-9(17)12-20-21-13(23-12)10-5-4-6-11(16)19-10/h4-6,9H,7-8H2,1-3H3,(H,18,22)/t9-/m1/s1/i8D/t8-,9+/m0. The number of alkyl halides is 1. The van der Waals surface area contributed by atoms with Crippen LogP contribution in [0.4, 0.5) is 9.18 Å². The highest BCUT2D eigenvalue weighted by Gasteiger charge is 2.20. The molecule has 24 heavy (non-hydrogen) atoms. The average Bonchev–Trinajstić information content (AvgIpc) is 2.94. The Morgan fingerprint density at radius 2 is 2.25 bits per heavy atom. The van der Waals surface area contributed by atoms with Crippen LogP contribution in [-0.4, -0.2) is 33.4 Å². The lowest BCUT2D eigenvalue weighted by Gasteiger charge is -2.19. The molecule has 0 bridgehead atoms. The van der Waals surface area contributed by atoms with Crippen molar-refractivity contribution in [2.75, 3.05) is 6.52 Å². The molecule has 0 aromatic carbocycles. The van der Waals surface area contributed by atoms with Crippen LogP contribution >= 0.6 is 15.9 Å². The van der Waals surface area contributed by atoms with Crippen LogP contribution in [0.15, 0.2) is 27.2 Å². The van der Waals surface area contributed by atoms with Crippen molar-refractivity contribution in [3.8, 4) is 11.6 Å². The van der Waals surface area contributed by atoms with Gasteiger partial charge in [0.1, 0.15) is 15.9 Å². The Morgan fingerprint density at radius 3 is 2.92 bits per heavy atom. The number of nitrogens with one attached hydrogen (secondary N) is 1. The van der Waals surface area contributed by atoms with E-state index in [2.05, 4.69) is 36.4 Å². The SMILES string of the molecule is [2H][C@@H](C[C@@H](F)c1nnc(-c2cccc(Br)n2)o1)NC(=O)OC(C)(C)C. The number of carbonyl (C=O) groups is 1. The van der Waals surface area contributed by atoms with Crippen molar-refractivity contribution in [3.63, 3.8) is 0 Å². The Labute approximate surface area is 148 Å². The minimum absolute atomic E-state index is 0.0700. The molecule has 0 aliphatic rings. The van der Waals surface area contributed by atoms with Gasteiger partial charge in [-0.15, -0.1) is 10.2 Å². The first-order chi connectivity index (χ1) is 11.6. The maximum absolute atomic E-state index is 14.2. The number of amides is 1. The molecule has 2 rings (SSSR count). The number of rotatable bonds is 5. The van der Waals surface area contributed by atoms with Gasteiger partial charge in [-0.2, -0.15) is 0 Å². The van der Waals surface area contributed by atoms with E-state index in [-0.39, 0.29) is 18.2 Å². The fourth-order valence-electron chi connectivity index (χ4n) is 1.65. The topological polar surface area (TPSA) is 90.1 Å². The van der Waals surface area contributed by atoms with Crippen molar-refractivity contribution in [1.29, 1.82) is 0 Å². The van der Waals surface area contributed by atoms with Gasteiger partial charge in [-0.25, -0.2) is 14.2 Å². The minimum Gasteiger partial charge on any atom is -0.444 e. The summed E-state index contributed by atoms with van der Waals surface area (Å²) in [6.07, 6.45) is -2.85. The molecular formula is C15H18BrFN4O3. The molecule has 1 N–H and O–H groups in total. The van der Waals surface area contributed by atoms with E-state index in [1.807, 2.05) is 0 Å². The summed E-state index contributed by atoms with van der Waals surface area (Å²) in [4.78, 5) is 15.7. The third-order valence-electron chi connectivity index (χ3n) is 2.59. The average molecular weight is 402 g/mol. The van der Waals surface area contributed by atoms with Gasteiger partial charge >= 0.3 is 6.09 Å². The van der Waals surface area contributed by atoms with Crippen LogP contribution in [0.3, 0.4) is 0 Å². The van der Waals surface area contributed by atoms with E-state index in [1.54, 1.807) is 39.0 Å². The van der Waals surface area contributed by atoms with Gasteiger partial charge in [0.2, 0.25) is 0 Å². The summed E-state index contributed by atoms with van der Waals surface area (Å²) >= 11 is 3.22. The number of hydrogen-bond donors (Lipinski definition) is 1. The molecule has 130 valence electrons. The van der Waals surface area contributed by atoms with Crippen molar-refractivity contribution in [2.24, 2.45) is 0 Å². The number of pyridine rings is 1. The van der Waals surface area contributed by atoms with E-state index in [0.717, 1.165) is 0 Å². The number of halogens is 2. The third-order valence-corrected chi connectivity index (χ3v) is 3.03. The predicted octanol–water partition coefficient (Wildman–Crippen LogP) is 3.82. The Bertz CT molecular complexity index is 738. The Morgan fingerprint density at radius 1 is 1.50 bits per heavy atom. The maximum atomic E-state index is 14.2. The molecule has 0 aliphatic heterocycles. The lowest BCUT2D eigenvalue weighted by molar-refractivity contribution is 0.0522. The summed E-state index contributed by atoms with van der Waals surface area (Å²) < 4.78 is 32.8. The molecule has 0 radical (unpaired) electrons. The Kier molecular flexibility index (Phi) is 5.39. The first-order valence-electron chi connectivity index (χ1n) is 7.74. The van der Waals surface area contributed by atoms with E-state index in [0.29, 0.717) is 10.3 Å². The molecule has 2 atom stereocenters. The molecule has 0 fully saturated rings. The quantitative estimate of drug-likeness (QED) is 0.765. The van der Waals surface area contributed by atoms with Crippen LogP contribution in [0.1, 0.15) is 40.6 Å². The molecule has 2 heterocycles. The molecule has 0 saturated carbocycles. The van der Waals surface area contributed by atoms with Crippen LogP contribution in [0.5, 0.6) is 0 Å². The van der Waals surface area contributed by atoms with Gasteiger partial charge in [-0.3, -0.25) is 0 Å². The molecule has 2 aromatic rings. The van der Waals surface area contributed by atoms with Gasteiger partial charge in [0.25, 0.3) is 11.8 Å². The lowest BCUT2D eigenvalue weighted by Crippen LogP contribution is -2.33. The van der Waals surface area contributed by atoms with Gasteiger partial charge < -0.3 is 14.5 Å². The van der Waals surface area contributed by atoms with Crippen LogP contribution in [0, 0.1) is 0 Å². The maximum Gasteiger partial charge on any atom is 0.407 e. The van der Waals surface area contributed by atoms with Gasteiger partial charge in [0.05, 0.1) is 0 Å². The highest BCUT2D eigenvalue weighted by atomic mass is 79.9. The zero-order valence-electron chi connectivity index (χ0n) is 14.4. The molecule has 0 saturated heterocycles. The fraction of sp³-hybridized carbons (Fsp3) is 0.467. The van der Waals surface area contributed by atoms with Crippen LogP contribution in [0.2, 0.25) is 0 Å². The van der Waals surface area contributed by atoms with Crippen molar-refractivity contribution in [1.82, 2.24) is 20.5 Å². The summed E-state index contributed by atoms with van der Waals surface area (Å²) in [6, 6.07) is 5.10. The number of nitrogens with zero attached hydrogens (tertiary/aromatic N) is 3. The summed E-state index contributed by atoms with van der Waals surface area (Å²) in [6.45, 7) is 3.86. The molecule has 2 aromatic heterocycles. The van der Waals surface area contributed by atoms with Crippen molar-refractivity contribution < 1.29 is 19.7 Å².